The van der Waals surface area contributed by atoms with Crippen LogP contribution in [0.25, 0.3) is 0 Å². The molecule has 5 nitrogen and oxygen atoms in total. The molecule has 1 heterocycles. The predicted octanol–water partition coefficient (Wildman–Crippen LogP) is 0.298. The second-order valence-electron chi connectivity index (χ2n) is 4.32. The Kier molecular flexibility index (Phi) is 7.96. The zero-order valence-electron chi connectivity index (χ0n) is 10.7. The van der Waals surface area contributed by atoms with Gasteiger partial charge in [0.1, 0.15) is 0 Å². The molecule has 1 rings (SSSR count). The summed E-state index contributed by atoms with van der Waals surface area (Å²) >= 11 is 0. The monoisotopic (exact) mass is 244 g/mol. The lowest BCUT2D eigenvalue weighted by atomic mass is 10.1. The fourth-order valence-corrected chi connectivity index (χ4v) is 1.82. The van der Waals surface area contributed by atoms with Gasteiger partial charge in [-0.15, -0.1) is 0 Å². The molecule has 0 saturated carbocycles. The van der Waals surface area contributed by atoms with Crippen molar-refractivity contribution in [1.82, 2.24) is 10.6 Å². The summed E-state index contributed by atoms with van der Waals surface area (Å²) in [5.41, 5.74) is 0. The number of carbonyl (C=O) groups excluding carboxylic acids is 1. The Morgan fingerprint density at radius 2 is 2.35 bits per heavy atom. The number of carbonyl (C=O) groups is 1. The first-order valence-corrected chi connectivity index (χ1v) is 6.41. The molecule has 0 aliphatic carbocycles. The van der Waals surface area contributed by atoms with Crippen LogP contribution >= 0.6 is 0 Å². The van der Waals surface area contributed by atoms with E-state index < -0.39 is 0 Å². The summed E-state index contributed by atoms with van der Waals surface area (Å²) in [6, 6.07) is 0. The highest BCUT2D eigenvalue weighted by Crippen LogP contribution is 2.11. The Balaban J connectivity index is 1.92. The van der Waals surface area contributed by atoms with Gasteiger partial charge in [0.05, 0.1) is 12.6 Å². The van der Waals surface area contributed by atoms with Crippen LogP contribution in [0.1, 0.15) is 25.7 Å². The summed E-state index contributed by atoms with van der Waals surface area (Å²) < 4.78 is 10.5. The van der Waals surface area contributed by atoms with E-state index in [1.165, 1.54) is 6.42 Å². The molecule has 1 atom stereocenters. The van der Waals surface area contributed by atoms with Crippen LogP contribution in [0.3, 0.4) is 0 Å². The number of hydrogen-bond donors (Lipinski definition) is 2. The maximum Gasteiger partial charge on any atom is 0.233 e. The quantitative estimate of drug-likeness (QED) is 0.603. The Hall–Kier alpha value is -0.650. The lowest BCUT2D eigenvalue weighted by Gasteiger charge is -2.22. The van der Waals surface area contributed by atoms with E-state index >= 15 is 0 Å². The maximum absolute atomic E-state index is 11.4. The molecule has 5 heteroatoms. The van der Waals surface area contributed by atoms with Crippen molar-refractivity contribution in [2.45, 2.75) is 31.8 Å². The third kappa shape index (κ3) is 7.31. The van der Waals surface area contributed by atoms with Crippen LogP contribution in [0.15, 0.2) is 0 Å². The molecule has 2 N–H and O–H groups in total. The normalized spacial score (nSPS) is 20.2. The van der Waals surface area contributed by atoms with Gasteiger partial charge in [0.25, 0.3) is 0 Å². The van der Waals surface area contributed by atoms with Gasteiger partial charge in [0.15, 0.2) is 0 Å². The molecular weight excluding hydrogens is 220 g/mol. The van der Waals surface area contributed by atoms with Gasteiger partial charge >= 0.3 is 0 Å². The highest BCUT2D eigenvalue weighted by atomic mass is 16.5. The van der Waals surface area contributed by atoms with Gasteiger partial charge in [-0.1, -0.05) is 0 Å². The van der Waals surface area contributed by atoms with Gasteiger partial charge in [-0.25, -0.2) is 0 Å². The van der Waals surface area contributed by atoms with E-state index in [1.807, 2.05) is 0 Å². The second kappa shape index (κ2) is 9.39. The Morgan fingerprint density at radius 3 is 3.06 bits per heavy atom. The van der Waals surface area contributed by atoms with Crippen LogP contribution in [-0.4, -0.2) is 52.0 Å². The topological polar surface area (TPSA) is 59.6 Å². The molecule has 0 aromatic rings. The zero-order valence-corrected chi connectivity index (χ0v) is 10.7. The minimum atomic E-state index is 0.0388. The fraction of sp³-hybridized carbons (Fsp3) is 0.917. The van der Waals surface area contributed by atoms with E-state index in [0.717, 1.165) is 32.4 Å². The molecule has 1 fully saturated rings. The molecule has 1 aliphatic rings. The zero-order chi connectivity index (χ0) is 12.3. The molecule has 0 radical (unpaired) electrons. The molecule has 1 aliphatic heterocycles. The van der Waals surface area contributed by atoms with Gasteiger partial charge in [0, 0.05) is 33.4 Å². The number of methoxy groups -OCH3 is 1. The summed E-state index contributed by atoms with van der Waals surface area (Å²) in [6.07, 6.45) is 4.63. The number of amides is 1. The minimum Gasteiger partial charge on any atom is -0.385 e. The number of hydrogen-bond acceptors (Lipinski definition) is 4. The Morgan fingerprint density at radius 1 is 1.47 bits per heavy atom. The molecule has 1 saturated heterocycles. The Labute approximate surface area is 103 Å². The van der Waals surface area contributed by atoms with Crippen LogP contribution in [0.2, 0.25) is 0 Å². The van der Waals surface area contributed by atoms with Crippen LogP contribution in [-0.2, 0) is 14.3 Å². The molecule has 0 aromatic carbocycles. The maximum atomic E-state index is 11.4. The average Bonchev–Trinajstić information content (AvgIpc) is 2.36. The van der Waals surface area contributed by atoms with Gasteiger partial charge < -0.3 is 20.1 Å². The summed E-state index contributed by atoms with van der Waals surface area (Å²) in [4.78, 5) is 11.4. The lowest BCUT2D eigenvalue weighted by Crippen LogP contribution is -2.39. The fourth-order valence-electron chi connectivity index (χ4n) is 1.82. The smallest absolute Gasteiger partial charge is 0.233 e. The average molecular weight is 244 g/mol. The van der Waals surface area contributed by atoms with E-state index in [0.29, 0.717) is 19.7 Å². The standard InChI is InChI=1S/C12H24N2O3/c1-16-7-4-6-14-12(15)10-13-9-11-5-2-3-8-17-11/h11,13H,2-10H2,1H3,(H,14,15). The first-order valence-electron chi connectivity index (χ1n) is 6.41. The van der Waals surface area contributed by atoms with Crippen LogP contribution in [0.4, 0.5) is 0 Å². The lowest BCUT2D eigenvalue weighted by molar-refractivity contribution is -0.120. The molecule has 17 heavy (non-hydrogen) atoms. The third-order valence-electron chi connectivity index (χ3n) is 2.78. The molecular formula is C12H24N2O3. The molecule has 0 aromatic heterocycles. The van der Waals surface area contributed by atoms with Crippen molar-refractivity contribution in [3.8, 4) is 0 Å². The van der Waals surface area contributed by atoms with Crippen LogP contribution in [0.5, 0.6) is 0 Å². The Bertz CT molecular complexity index is 206. The van der Waals surface area contributed by atoms with E-state index in [-0.39, 0.29) is 12.0 Å². The molecule has 0 bridgehead atoms. The number of nitrogens with one attached hydrogen (secondary N) is 2. The second-order valence-corrected chi connectivity index (χ2v) is 4.32. The van der Waals surface area contributed by atoms with Gasteiger partial charge in [-0.05, 0) is 25.7 Å². The van der Waals surface area contributed by atoms with E-state index in [4.69, 9.17) is 9.47 Å². The van der Waals surface area contributed by atoms with E-state index in [9.17, 15) is 4.79 Å². The first kappa shape index (κ1) is 14.4. The molecule has 0 spiro atoms. The van der Waals surface area contributed by atoms with Gasteiger partial charge in [-0.3, -0.25) is 4.79 Å². The van der Waals surface area contributed by atoms with Gasteiger partial charge in [-0.2, -0.15) is 0 Å². The van der Waals surface area contributed by atoms with Crippen molar-refractivity contribution in [1.29, 1.82) is 0 Å². The van der Waals surface area contributed by atoms with Crippen molar-refractivity contribution >= 4 is 5.91 Å². The van der Waals surface area contributed by atoms with Gasteiger partial charge in [0.2, 0.25) is 5.91 Å². The summed E-state index contributed by atoms with van der Waals surface area (Å²) in [5.74, 6) is 0.0388. The van der Waals surface area contributed by atoms with E-state index in [2.05, 4.69) is 10.6 Å². The highest BCUT2D eigenvalue weighted by Gasteiger charge is 2.13. The summed E-state index contributed by atoms with van der Waals surface area (Å²) in [7, 11) is 1.66. The van der Waals surface area contributed by atoms with Crippen molar-refractivity contribution in [3.63, 3.8) is 0 Å². The predicted molar refractivity (Wildman–Crippen MR) is 66.0 cm³/mol. The van der Waals surface area contributed by atoms with Crippen molar-refractivity contribution in [2.75, 3.05) is 40.0 Å². The summed E-state index contributed by atoms with van der Waals surface area (Å²) in [6.45, 7) is 3.35. The van der Waals surface area contributed by atoms with Crippen molar-refractivity contribution < 1.29 is 14.3 Å². The van der Waals surface area contributed by atoms with Crippen LogP contribution < -0.4 is 10.6 Å². The minimum absolute atomic E-state index is 0.0388. The molecule has 100 valence electrons. The SMILES string of the molecule is COCCCNC(=O)CNCC1CCCCO1. The number of ether oxygens (including phenoxy) is 2. The first-order chi connectivity index (χ1) is 8.33. The van der Waals surface area contributed by atoms with Crippen molar-refractivity contribution in [2.24, 2.45) is 0 Å². The van der Waals surface area contributed by atoms with Crippen molar-refractivity contribution in [3.05, 3.63) is 0 Å². The van der Waals surface area contributed by atoms with E-state index in [1.54, 1.807) is 7.11 Å². The van der Waals surface area contributed by atoms with Crippen LogP contribution in [0, 0.1) is 0 Å². The largest absolute Gasteiger partial charge is 0.385 e. The highest BCUT2D eigenvalue weighted by molar-refractivity contribution is 5.77. The number of rotatable bonds is 8. The third-order valence-corrected chi connectivity index (χ3v) is 2.78. The summed E-state index contributed by atoms with van der Waals surface area (Å²) in [5, 5.41) is 5.96. The molecule has 1 unspecified atom stereocenters. The molecule has 1 amide bonds.